The number of amides is 2. The van der Waals surface area contributed by atoms with Crippen LogP contribution in [0.3, 0.4) is 0 Å². The lowest BCUT2D eigenvalue weighted by Gasteiger charge is -2.11. The molecular formula is C20H21FN2O3. The van der Waals surface area contributed by atoms with E-state index in [0.29, 0.717) is 12.1 Å². The van der Waals surface area contributed by atoms with Gasteiger partial charge in [-0.25, -0.2) is 4.39 Å². The maximum Gasteiger partial charge on any atom is 0.252 e. The quantitative estimate of drug-likeness (QED) is 0.591. The van der Waals surface area contributed by atoms with Crippen LogP contribution >= 0.6 is 0 Å². The van der Waals surface area contributed by atoms with Gasteiger partial charge < -0.3 is 10.6 Å². The van der Waals surface area contributed by atoms with Gasteiger partial charge in [-0.05, 0) is 30.3 Å². The van der Waals surface area contributed by atoms with Gasteiger partial charge in [0.25, 0.3) is 5.91 Å². The molecule has 2 rings (SSSR count). The summed E-state index contributed by atoms with van der Waals surface area (Å²) in [6.45, 7) is 4.11. The van der Waals surface area contributed by atoms with Gasteiger partial charge >= 0.3 is 0 Å². The number of carbonyl (C=O) groups excluding carboxylic acids is 3. The number of rotatable bonds is 7. The van der Waals surface area contributed by atoms with E-state index in [9.17, 15) is 18.8 Å². The first kappa shape index (κ1) is 19.3. The van der Waals surface area contributed by atoms with Crippen LogP contribution in [0.15, 0.2) is 48.5 Å². The van der Waals surface area contributed by atoms with Crippen LogP contribution < -0.4 is 10.6 Å². The molecule has 6 heteroatoms. The maximum absolute atomic E-state index is 13.0. The van der Waals surface area contributed by atoms with Gasteiger partial charge in [-0.1, -0.05) is 32.0 Å². The number of hydrogen-bond donors (Lipinski definition) is 2. The fourth-order valence-electron chi connectivity index (χ4n) is 2.30. The van der Waals surface area contributed by atoms with Crippen LogP contribution in [0.2, 0.25) is 0 Å². The Morgan fingerprint density at radius 2 is 1.46 bits per heavy atom. The summed E-state index contributed by atoms with van der Waals surface area (Å²) in [6, 6.07) is 11.6. The summed E-state index contributed by atoms with van der Waals surface area (Å²) in [5.41, 5.74) is 0.774. The number of carbonyl (C=O) groups is 3. The van der Waals surface area contributed by atoms with Crippen molar-refractivity contribution in [3.05, 3.63) is 71.0 Å². The first-order valence-electron chi connectivity index (χ1n) is 8.35. The molecule has 0 atom stereocenters. The predicted octanol–water partition coefficient (Wildman–Crippen LogP) is 2.56. The van der Waals surface area contributed by atoms with E-state index in [0.717, 1.165) is 0 Å². The van der Waals surface area contributed by atoms with Crippen molar-refractivity contribution in [2.24, 2.45) is 5.92 Å². The topological polar surface area (TPSA) is 75.3 Å². The first-order chi connectivity index (χ1) is 12.4. The summed E-state index contributed by atoms with van der Waals surface area (Å²) in [4.78, 5) is 36.5. The van der Waals surface area contributed by atoms with Crippen LogP contribution in [0.1, 0.15) is 40.1 Å². The fraction of sp³-hybridized carbons (Fsp3) is 0.250. The lowest BCUT2D eigenvalue weighted by molar-refractivity contribution is -0.123. The molecular weight excluding hydrogens is 335 g/mol. The van der Waals surface area contributed by atoms with E-state index in [1.165, 1.54) is 24.3 Å². The van der Waals surface area contributed by atoms with Crippen molar-refractivity contribution in [3.8, 4) is 0 Å². The summed E-state index contributed by atoms with van der Waals surface area (Å²) < 4.78 is 13.0. The molecule has 0 aliphatic carbocycles. The smallest absolute Gasteiger partial charge is 0.252 e. The molecule has 2 aromatic rings. The SMILES string of the molecule is CC(C)C(=O)NCCNC(=O)c1ccccc1C(=O)c1ccc(F)cc1. The Morgan fingerprint density at radius 3 is 2.08 bits per heavy atom. The third kappa shape index (κ3) is 4.99. The highest BCUT2D eigenvalue weighted by Crippen LogP contribution is 2.15. The molecule has 0 saturated heterocycles. The average molecular weight is 356 g/mol. The Hall–Kier alpha value is -3.02. The van der Waals surface area contributed by atoms with Gasteiger partial charge in [0.05, 0.1) is 5.56 Å². The minimum atomic E-state index is -0.434. The minimum Gasteiger partial charge on any atom is -0.354 e. The van der Waals surface area contributed by atoms with Gasteiger partial charge in [0.1, 0.15) is 5.82 Å². The second-order valence-electron chi connectivity index (χ2n) is 6.08. The van der Waals surface area contributed by atoms with E-state index in [1.54, 1.807) is 38.1 Å². The number of nitrogens with one attached hydrogen (secondary N) is 2. The molecule has 0 aromatic heterocycles. The average Bonchev–Trinajstić information content (AvgIpc) is 2.64. The molecule has 0 saturated carbocycles. The van der Waals surface area contributed by atoms with Gasteiger partial charge in [0.15, 0.2) is 5.78 Å². The Bertz CT molecular complexity index is 801. The Kier molecular flexibility index (Phi) is 6.60. The second-order valence-corrected chi connectivity index (χ2v) is 6.08. The fourth-order valence-corrected chi connectivity index (χ4v) is 2.30. The number of ketones is 1. The van der Waals surface area contributed by atoms with E-state index in [4.69, 9.17) is 0 Å². The third-order valence-corrected chi connectivity index (χ3v) is 3.76. The van der Waals surface area contributed by atoms with Gasteiger partial charge in [0, 0.05) is 30.1 Å². The van der Waals surface area contributed by atoms with Crippen LogP contribution in [0, 0.1) is 11.7 Å². The molecule has 26 heavy (non-hydrogen) atoms. The molecule has 0 radical (unpaired) electrons. The van der Waals surface area contributed by atoms with Crippen molar-refractivity contribution in [1.82, 2.24) is 10.6 Å². The van der Waals surface area contributed by atoms with Crippen LogP contribution in [0.5, 0.6) is 0 Å². The predicted molar refractivity (Wildman–Crippen MR) is 96.5 cm³/mol. The summed E-state index contributed by atoms with van der Waals surface area (Å²) in [5, 5.41) is 5.38. The van der Waals surface area contributed by atoms with Crippen molar-refractivity contribution in [1.29, 1.82) is 0 Å². The first-order valence-corrected chi connectivity index (χ1v) is 8.35. The Balaban J connectivity index is 2.06. The third-order valence-electron chi connectivity index (χ3n) is 3.76. The van der Waals surface area contributed by atoms with E-state index in [2.05, 4.69) is 10.6 Å². The number of halogens is 1. The van der Waals surface area contributed by atoms with Crippen LogP contribution in [0.4, 0.5) is 4.39 Å². The van der Waals surface area contributed by atoms with Crippen molar-refractivity contribution in [2.75, 3.05) is 13.1 Å². The number of hydrogen-bond acceptors (Lipinski definition) is 3. The largest absolute Gasteiger partial charge is 0.354 e. The molecule has 0 aliphatic rings. The maximum atomic E-state index is 13.0. The Morgan fingerprint density at radius 1 is 0.885 bits per heavy atom. The standard InChI is InChI=1S/C20H21FN2O3/c1-13(2)19(25)22-11-12-23-20(26)17-6-4-3-5-16(17)18(24)14-7-9-15(21)10-8-14/h3-10,13H,11-12H2,1-2H3,(H,22,25)(H,23,26). The lowest BCUT2D eigenvalue weighted by Crippen LogP contribution is -2.36. The van der Waals surface area contributed by atoms with Crippen molar-refractivity contribution in [2.45, 2.75) is 13.8 Å². The van der Waals surface area contributed by atoms with Gasteiger partial charge in [-0.3, -0.25) is 14.4 Å². The molecule has 0 fully saturated rings. The monoisotopic (exact) mass is 356 g/mol. The minimum absolute atomic E-state index is 0.0915. The molecule has 0 heterocycles. The summed E-state index contributed by atoms with van der Waals surface area (Å²) in [6.07, 6.45) is 0. The zero-order chi connectivity index (χ0) is 19.1. The summed E-state index contributed by atoms with van der Waals surface area (Å²) >= 11 is 0. The lowest BCUT2D eigenvalue weighted by atomic mass is 9.98. The number of benzene rings is 2. The molecule has 0 unspecified atom stereocenters. The molecule has 0 aliphatic heterocycles. The highest BCUT2D eigenvalue weighted by atomic mass is 19.1. The molecule has 2 amide bonds. The zero-order valence-electron chi connectivity index (χ0n) is 14.7. The molecule has 0 spiro atoms. The molecule has 5 nitrogen and oxygen atoms in total. The van der Waals surface area contributed by atoms with Crippen molar-refractivity contribution in [3.63, 3.8) is 0 Å². The molecule has 2 N–H and O–H groups in total. The zero-order valence-corrected chi connectivity index (χ0v) is 14.7. The Labute approximate surface area is 151 Å². The van der Waals surface area contributed by atoms with Crippen molar-refractivity contribution < 1.29 is 18.8 Å². The van der Waals surface area contributed by atoms with Crippen LogP contribution in [0.25, 0.3) is 0 Å². The van der Waals surface area contributed by atoms with Crippen LogP contribution in [-0.4, -0.2) is 30.7 Å². The van der Waals surface area contributed by atoms with Gasteiger partial charge in [-0.2, -0.15) is 0 Å². The van der Waals surface area contributed by atoms with Gasteiger partial charge in [-0.15, -0.1) is 0 Å². The van der Waals surface area contributed by atoms with Crippen molar-refractivity contribution >= 4 is 17.6 Å². The molecule has 2 aromatic carbocycles. The second kappa shape index (κ2) is 8.89. The van der Waals surface area contributed by atoms with Crippen LogP contribution in [-0.2, 0) is 4.79 Å². The summed E-state index contributed by atoms with van der Waals surface area (Å²) in [7, 11) is 0. The van der Waals surface area contributed by atoms with E-state index in [-0.39, 0.29) is 35.3 Å². The van der Waals surface area contributed by atoms with Gasteiger partial charge in [0.2, 0.25) is 5.91 Å². The molecule has 0 bridgehead atoms. The van der Waals surface area contributed by atoms with E-state index in [1.807, 2.05) is 0 Å². The highest BCUT2D eigenvalue weighted by Gasteiger charge is 2.18. The summed E-state index contributed by atoms with van der Waals surface area (Å²) in [5.74, 6) is -1.42. The normalized spacial score (nSPS) is 10.5. The van der Waals surface area contributed by atoms with E-state index < -0.39 is 11.7 Å². The highest BCUT2D eigenvalue weighted by molar-refractivity contribution is 6.15. The van der Waals surface area contributed by atoms with E-state index >= 15 is 0 Å². The molecule has 136 valence electrons.